The molecule has 41 heavy (non-hydrogen) atoms. The number of anilines is 3. The number of halogens is 3. The molecule has 1 aliphatic heterocycles. The van der Waals surface area contributed by atoms with Crippen molar-refractivity contribution in [1.29, 1.82) is 0 Å². The maximum Gasteiger partial charge on any atom is 0.392 e. The Kier molecular flexibility index (Phi) is 7.81. The quantitative estimate of drug-likeness (QED) is 0.320. The van der Waals surface area contributed by atoms with E-state index in [9.17, 15) is 26.4 Å². The molecule has 3 aromatic rings. The Bertz CT molecular complexity index is 1540. The number of carbonyl (C=O) groups is 1. The summed E-state index contributed by atoms with van der Waals surface area (Å²) in [5, 5.41) is 12.4. The van der Waals surface area contributed by atoms with E-state index in [2.05, 4.69) is 19.9 Å². The standard InChI is InChI=1S/C27H32F3N5O5S/c1-34-10-4-18-16-22(32-25(23(18)34)40-14-9-27(28,29)30)31-24(37)20-3-2-19(33-41(38,39)15-13-36)17-21(20)35-11-7-26(5-6-26)8-12-35/h2-4,10,16-17,33,36H,5-9,11-15H2,1H3,(H,31,32,37). The van der Waals surface area contributed by atoms with Crippen molar-refractivity contribution in [3.05, 3.63) is 42.1 Å². The van der Waals surface area contributed by atoms with Crippen LogP contribution in [0.3, 0.4) is 0 Å². The van der Waals surface area contributed by atoms with E-state index in [1.54, 1.807) is 36.0 Å². The molecule has 2 aliphatic rings. The number of hydrogen-bond acceptors (Lipinski definition) is 7. The molecule has 1 amide bonds. The number of nitrogens with zero attached hydrogens (tertiary/aromatic N) is 3. The van der Waals surface area contributed by atoms with Crippen LogP contribution in [0.5, 0.6) is 5.88 Å². The summed E-state index contributed by atoms with van der Waals surface area (Å²) in [6.45, 7) is 0.261. The summed E-state index contributed by atoms with van der Waals surface area (Å²) in [5.74, 6) is -0.905. The van der Waals surface area contributed by atoms with Gasteiger partial charge in [0.15, 0.2) is 0 Å². The summed E-state index contributed by atoms with van der Waals surface area (Å²) >= 11 is 0. The lowest BCUT2D eigenvalue weighted by molar-refractivity contribution is -0.139. The molecule has 0 unspecified atom stereocenters. The van der Waals surface area contributed by atoms with Crippen LogP contribution < -0.4 is 19.7 Å². The van der Waals surface area contributed by atoms with Crippen LogP contribution in [-0.2, 0) is 17.1 Å². The highest BCUT2D eigenvalue weighted by molar-refractivity contribution is 7.92. The molecule has 0 radical (unpaired) electrons. The van der Waals surface area contributed by atoms with Gasteiger partial charge in [0.2, 0.25) is 15.9 Å². The Labute approximate surface area is 235 Å². The molecule has 1 saturated carbocycles. The molecule has 5 rings (SSSR count). The lowest BCUT2D eigenvalue weighted by atomic mass is 9.93. The monoisotopic (exact) mass is 595 g/mol. The van der Waals surface area contributed by atoms with E-state index in [0.29, 0.717) is 35.1 Å². The average molecular weight is 596 g/mol. The van der Waals surface area contributed by atoms with Crippen molar-refractivity contribution in [3.8, 4) is 5.88 Å². The van der Waals surface area contributed by atoms with Gasteiger partial charge in [0, 0.05) is 31.7 Å². The lowest BCUT2D eigenvalue weighted by Crippen LogP contribution is -2.35. The van der Waals surface area contributed by atoms with E-state index in [-0.39, 0.29) is 22.9 Å². The summed E-state index contributed by atoms with van der Waals surface area (Å²) in [6.07, 6.45) is 0.505. The Hall–Kier alpha value is -3.52. The lowest BCUT2D eigenvalue weighted by Gasteiger charge is -2.35. The fourth-order valence-corrected chi connectivity index (χ4v) is 6.02. The highest BCUT2D eigenvalue weighted by Gasteiger charge is 2.44. The zero-order valence-corrected chi connectivity index (χ0v) is 23.3. The van der Waals surface area contributed by atoms with E-state index in [4.69, 9.17) is 9.84 Å². The number of aryl methyl sites for hydroxylation is 1. The third-order valence-electron chi connectivity index (χ3n) is 7.68. The number of aliphatic hydroxyl groups excluding tert-OH is 1. The molecule has 1 aliphatic carbocycles. The van der Waals surface area contributed by atoms with Gasteiger partial charge >= 0.3 is 6.18 Å². The summed E-state index contributed by atoms with van der Waals surface area (Å²) in [7, 11) is -2.06. The number of fused-ring (bicyclic) bond motifs is 1. The second-order valence-electron chi connectivity index (χ2n) is 10.7. The molecule has 0 bridgehead atoms. The second-order valence-corrected chi connectivity index (χ2v) is 12.6. The van der Waals surface area contributed by atoms with Crippen molar-refractivity contribution in [3.63, 3.8) is 0 Å². The molecule has 10 nitrogen and oxygen atoms in total. The maximum atomic E-state index is 13.6. The predicted molar refractivity (Wildman–Crippen MR) is 149 cm³/mol. The van der Waals surface area contributed by atoms with Crippen molar-refractivity contribution in [2.75, 3.05) is 47.0 Å². The number of alkyl halides is 3. The van der Waals surface area contributed by atoms with Crippen LogP contribution in [0.25, 0.3) is 10.9 Å². The first-order valence-corrected chi connectivity index (χ1v) is 15.0. The fraction of sp³-hybridized carbons (Fsp3) is 0.481. The number of aromatic nitrogens is 2. The Morgan fingerprint density at radius 3 is 2.54 bits per heavy atom. The number of hydrogen-bond donors (Lipinski definition) is 3. The van der Waals surface area contributed by atoms with Gasteiger partial charge in [0.05, 0.1) is 42.3 Å². The maximum absolute atomic E-state index is 13.6. The normalized spacial score (nSPS) is 16.7. The van der Waals surface area contributed by atoms with Crippen molar-refractivity contribution in [2.24, 2.45) is 12.5 Å². The molecule has 3 N–H and O–H groups in total. The van der Waals surface area contributed by atoms with Gasteiger partial charge in [-0.25, -0.2) is 8.42 Å². The summed E-state index contributed by atoms with van der Waals surface area (Å²) in [4.78, 5) is 19.9. The van der Waals surface area contributed by atoms with Crippen LogP contribution in [0, 0.1) is 5.41 Å². The van der Waals surface area contributed by atoms with E-state index in [1.807, 2.05) is 0 Å². The van der Waals surface area contributed by atoms with Gasteiger partial charge < -0.3 is 24.6 Å². The van der Waals surface area contributed by atoms with Crippen LogP contribution in [-0.4, -0.2) is 67.2 Å². The van der Waals surface area contributed by atoms with Gasteiger partial charge in [0.25, 0.3) is 5.91 Å². The van der Waals surface area contributed by atoms with Crippen LogP contribution in [0.1, 0.15) is 42.5 Å². The topological polar surface area (TPSA) is 126 Å². The van der Waals surface area contributed by atoms with Gasteiger partial charge in [-0.2, -0.15) is 18.2 Å². The Morgan fingerprint density at radius 1 is 1.15 bits per heavy atom. The smallest absolute Gasteiger partial charge is 0.392 e. The molecule has 1 spiro atoms. The molecular weight excluding hydrogens is 563 g/mol. The van der Waals surface area contributed by atoms with Gasteiger partial charge in [0.1, 0.15) is 11.3 Å². The van der Waals surface area contributed by atoms with Crippen LogP contribution in [0.2, 0.25) is 0 Å². The Balaban J connectivity index is 1.42. The van der Waals surface area contributed by atoms with E-state index >= 15 is 0 Å². The molecule has 0 atom stereocenters. The minimum Gasteiger partial charge on any atom is -0.476 e. The van der Waals surface area contributed by atoms with Crippen molar-refractivity contribution in [1.82, 2.24) is 9.55 Å². The highest BCUT2D eigenvalue weighted by atomic mass is 32.2. The van der Waals surface area contributed by atoms with E-state index < -0.39 is 47.5 Å². The van der Waals surface area contributed by atoms with Gasteiger partial charge in [-0.05, 0) is 61.4 Å². The molecule has 1 saturated heterocycles. The third-order valence-corrected chi connectivity index (χ3v) is 8.95. The first-order chi connectivity index (χ1) is 19.4. The minimum atomic E-state index is -4.39. The average Bonchev–Trinajstić information content (AvgIpc) is 3.54. The first kappa shape index (κ1) is 29.0. The number of aliphatic hydroxyl groups is 1. The molecule has 2 fully saturated rings. The van der Waals surface area contributed by atoms with Crippen molar-refractivity contribution >= 4 is 44.0 Å². The van der Waals surface area contributed by atoms with Crippen molar-refractivity contribution < 1.29 is 36.2 Å². The largest absolute Gasteiger partial charge is 0.476 e. The number of benzene rings is 1. The number of piperidine rings is 1. The Morgan fingerprint density at radius 2 is 1.88 bits per heavy atom. The first-order valence-electron chi connectivity index (χ1n) is 13.3. The second kappa shape index (κ2) is 11.0. The van der Waals surface area contributed by atoms with Gasteiger partial charge in [-0.15, -0.1) is 0 Å². The molecular formula is C27H32F3N5O5S. The number of rotatable bonds is 10. The van der Waals surface area contributed by atoms with Crippen LogP contribution in [0.4, 0.5) is 30.4 Å². The number of sulfonamides is 1. The van der Waals surface area contributed by atoms with Crippen LogP contribution >= 0.6 is 0 Å². The number of carbonyl (C=O) groups excluding carboxylic acids is 1. The predicted octanol–water partition coefficient (Wildman–Crippen LogP) is 4.27. The molecule has 1 aromatic carbocycles. The number of nitrogens with one attached hydrogen (secondary N) is 2. The number of pyridine rings is 1. The third kappa shape index (κ3) is 6.87. The zero-order valence-electron chi connectivity index (χ0n) is 22.5. The summed E-state index contributed by atoms with van der Waals surface area (Å²) in [6, 6.07) is 7.94. The molecule has 14 heteroatoms. The van der Waals surface area contributed by atoms with E-state index in [0.717, 1.165) is 12.8 Å². The summed E-state index contributed by atoms with van der Waals surface area (Å²) in [5.41, 5.74) is 1.96. The highest BCUT2D eigenvalue weighted by Crippen LogP contribution is 2.54. The number of amides is 1. The summed E-state index contributed by atoms with van der Waals surface area (Å²) < 4.78 is 72.2. The van der Waals surface area contributed by atoms with Crippen molar-refractivity contribution in [2.45, 2.75) is 38.3 Å². The van der Waals surface area contributed by atoms with E-state index in [1.165, 1.54) is 25.0 Å². The number of ether oxygens (including phenoxy) is 1. The fourth-order valence-electron chi connectivity index (χ4n) is 5.19. The van der Waals surface area contributed by atoms with Gasteiger partial charge in [-0.1, -0.05) is 0 Å². The van der Waals surface area contributed by atoms with Crippen LogP contribution in [0.15, 0.2) is 36.5 Å². The SMILES string of the molecule is Cn1ccc2cc(NC(=O)c3ccc(NS(=O)(=O)CCO)cc3N3CCC4(CC3)CC4)nc(OCCC(F)(F)F)c21. The molecule has 222 valence electrons. The molecule has 2 aromatic heterocycles. The zero-order chi connectivity index (χ0) is 29.4. The minimum absolute atomic E-state index is 0.0332. The van der Waals surface area contributed by atoms with Gasteiger partial charge in [-0.3, -0.25) is 9.52 Å². The molecule has 3 heterocycles.